The Balaban J connectivity index is 2.78. The summed E-state index contributed by atoms with van der Waals surface area (Å²) in [7, 11) is 1.36. The van der Waals surface area contributed by atoms with Gasteiger partial charge in [0.15, 0.2) is 0 Å². The fourth-order valence-corrected chi connectivity index (χ4v) is 1.12. The van der Waals surface area contributed by atoms with Crippen LogP contribution in [0.5, 0.6) is 0 Å². The van der Waals surface area contributed by atoms with Gasteiger partial charge >= 0.3 is 7.48 Å². The van der Waals surface area contributed by atoms with E-state index in [1.807, 2.05) is 27.7 Å². The maximum absolute atomic E-state index is 13.6. The van der Waals surface area contributed by atoms with E-state index < -0.39 is 11.4 Å². The van der Waals surface area contributed by atoms with E-state index >= 15 is 0 Å². The first-order valence-corrected chi connectivity index (χ1v) is 6.10. The summed E-state index contributed by atoms with van der Waals surface area (Å²) in [5, 5.41) is 0. The van der Waals surface area contributed by atoms with Gasteiger partial charge in [-0.1, -0.05) is 12.1 Å². The Bertz CT molecular complexity index is 441. The fraction of sp³-hybridized carbons (Fsp3) is 0.462. The molecule has 0 spiro atoms. The summed E-state index contributed by atoms with van der Waals surface area (Å²) >= 11 is 4.45. The predicted molar refractivity (Wildman–Crippen MR) is 75.4 cm³/mol. The van der Waals surface area contributed by atoms with Crippen molar-refractivity contribution in [3.8, 4) is 0 Å². The number of hydrogen-bond acceptors (Lipinski definition) is 3. The minimum Gasteiger partial charge on any atom is -0.428 e. The van der Waals surface area contributed by atoms with Crippen molar-refractivity contribution in [3.05, 3.63) is 29.6 Å². The van der Waals surface area contributed by atoms with Crippen molar-refractivity contribution in [1.82, 2.24) is 0 Å². The van der Waals surface area contributed by atoms with Gasteiger partial charge in [0.1, 0.15) is 12.1 Å². The molecule has 0 heterocycles. The van der Waals surface area contributed by atoms with Gasteiger partial charge in [-0.05, 0) is 39.2 Å². The maximum atomic E-state index is 13.6. The Labute approximate surface area is 114 Å². The van der Waals surface area contributed by atoms with E-state index in [0.29, 0.717) is 17.3 Å². The van der Waals surface area contributed by atoms with Crippen LogP contribution in [0.2, 0.25) is 0 Å². The lowest BCUT2D eigenvalue weighted by Gasteiger charge is -2.38. The van der Waals surface area contributed by atoms with Crippen LogP contribution in [0.25, 0.3) is 0 Å². The molecule has 0 aliphatic carbocycles. The molecule has 0 bridgehead atoms. The lowest BCUT2D eigenvalue weighted by molar-refractivity contribution is 0.0853. The monoisotopic (exact) mass is 267 g/mol. The van der Waals surface area contributed by atoms with Crippen molar-refractivity contribution in [1.29, 1.82) is 0 Å². The molecule has 0 aliphatic rings. The molecule has 1 aromatic carbocycles. The van der Waals surface area contributed by atoms with Crippen molar-refractivity contribution in [2.75, 3.05) is 0 Å². The molecule has 1 aromatic rings. The van der Waals surface area contributed by atoms with Crippen LogP contribution in [0.3, 0.4) is 0 Å². The molecule has 0 aromatic heterocycles. The number of thiol groups is 1. The number of rotatable bonds is 5. The zero-order valence-electron chi connectivity index (χ0n) is 11.0. The van der Waals surface area contributed by atoms with Gasteiger partial charge in [0, 0.05) is 10.3 Å². The van der Waals surface area contributed by atoms with Crippen molar-refractivity contribution in [3.63, 3.8) is 0 Å². The minimum absolute atomic E-state index is 0.304. The average Bonchev–Trinajstić information content (AvgIpc) is 2.25. The topological polar surface area (TPSA) is 26.3 Å². The van der Waals surface area contributed by atoms with Crippen LogP contribution in [-0.2, 0) is 4.65 Å². The summed E-state index contributed by atoms with van der Waals surface area (Å²) in [6, 6.07) is 4.24. The molecule has 5 heteroatoms. The summed E-state index contributed by atoms with van der Waals surface area (Å²) in [6.07, 6.45) is 0.606. The van der Waals surface area contributed by atoms with Gasteiger partial charge in [-0.25, -0.2) is 4.39 Å². The van der Waals surface area contributed by atoms with Gasteiger partial charge in [0.25, 0.3) is 0 Å². The third kappa shape index (κ3) is 3.59. The Kier molecular flexibility index (Phi) is 4.62. The highest BCUT2D eigenvalue weighted by Crippen LogP contribution is 2.30. The van der Waals surface area contributed by atoms with Gasteiger partial charge in [-0.2, -0.15) is 12.6 Å². The smallest absolute Gasteiger partial charge is 0.333 e. The lowest BCUT2D eigenvalue weighted by Crippen LogP contribution is -2.46. The van der Waals surface area contributed by atoms with E-state index in [1.165, 1.54) is 19.6 Å². The van der Waals surface area contributed by atoms with Crippen molar-refractivity contribution in [2.45, 2.75) is 38.0 Å². The van der Waals surface area contributed by atoms with Crippen LogP contribution in [-0.4, -0.2) is 24.1 Å². The number of carbonyl (C=O) groups is 1. The first-order chi connectivity index (χ1) is 8.17. The van der Waals surface area contributed by atoms with Crippen LogP contribution in [0.4, 0.5) is 4.39 Å². The molecule has 2 nitrogen and oxygen atoms in total. The van der Waals surface area contributed by atoms with Crippen LogP contribution in [0.15, 0.2) is 18.2 Å². The molecule has 1 rings (SSSR count). The molecule has 0 unspecified atom stereocenters. The van der Waals surface area contributed by atoms with Crippen LogP contribution < -0.4 is 5.46 Å². The second-order valence-electron chi connectivity index (χ2n) is 5.20. The Morgan fingerprint density at radius 1 is 1.33 bits per heavy atom. The third-order valence-corrected chi connectivity index (χ3v) is 3.65. The largest absolute Gasteiger partial charge is 0.428 e. The van der Waals surface area contributed by atoms with E-state index in [9.17, 15) is 9.18 Å². The quantitative estimate of drug-likeness (QED) is 0.503. The number of benzene rings is 1. The number of halogens is 1. The maximum Gasteiger partial charge on any atom is 0.333 e. The molecule has 0 saturated carbocycles. The second-order valence-corrected chi connectivity index (χ2v) is 6.32. The summed E-state index contributed by atoms with van der Waals surface area (Å²) in [6.45, 7) is 7.62. The fourth-order valence-electron chi connectivity index (χ4n) is 1.07. The highest BCUT2D eigenvalue weighted by atomic mass is 32.1. The van der Waals surface area contributed by atoms with Crippen molar-refractivity contribution < 1.29 is 13.8 Å². The summed E-state index contributed by atoms with van der Waals surface area (Å²) < 4.78 is 18.9. The molecule has 0 saturated heterocycles. The highest BCUT2D eigenvalue weighted by Gasteiger charge is 2.34. The SMILES string of the molecule is CC(C)(S)C(C)(C)O[B]c1ccc(C=O)cc1F. The van der Waals surface area contributed by atoms with Crippen LogP contribution in [0.1, 0.15) is 38.1 Å². The molecule has 18 heavy (non-hydrogen) atoms. The first-order valence-electron chi connectivity index (χ1n) is 5.65. The highest BCUT2D eigenvalue weighted by molar-refractivity contribution is 7.81. The zero-order valence-corrected chi connectivity index (χ0v) is 11.9. The van der Waals surface area contributed by atoms with E-state index in [0.717, 1.165) is 0 Å². The molecule has 0 N–H and O–H groups in total. The van der Waals surface area contributed by atoms with Crippen LogP contribution in [0, 0.1) is 5.82 Å². The standard InChI is InChI=1S/C13H17BFO2S/c1-12(2,13(3,4)18)17-14-10-6-5-9(8-16)7-11(10)15/h5-8,18H,1-4H3. The lowest BCUT2D eigenvalue weighted by atomic mass is 9.83. The first kappa shape index (κ1) is 15.3. The van der Waals surface area contributed by atoms with Gasteiger partial charge < -0.3 is 4.65 Å². The van der Waals surface area contributed by atoms with E-state index in [1.54, 1.807) is 6.07 Å². The molecule has 0 atom stereocenters. The number of hydrogen-bond donors (Lipinski definition) is 1. The molecule has 0 aliphatic heterocycles. The molecule has 1 radical (unpaired) electrons. The zero-order chi connectivity index (χ0) is 14.0. The number of aldehydes is 1. The molecular formula is C13H17BFO2S. The van der Waals surface area contributed by atoms with E-state index in [2.05, 4.69) is 12.6 Å². The van der Waals surface area contributed by atoms with E-state index in [-0.39, 0.29) is 4.75 Å². The normalized spacial score (nSPS) is 12.3. The van der Waals surface area contributed by atoms with Gasteiger partial charge in [0.2, 0.25) is 0 Å². The predicted octanol–water partition coefficient (Wildman–Crippen LogP) is 2.39. The van der Waals surface area contributed by atoms with Gasteiger partial charge in [0.05, 0.1) is 5.60 Å². The molecule has 97 valence electrons. The summed E-state index contributed by atoms with van der Waals surface area (Å²) in [4.78, 5) is 10.5. The third-order valence-electron chi connectivity index (χ3n) is 3.11. The average molecular weight is 267 g/mol. The van der Waals surface area contributed by atoms with Crippen LogP contribution >= 0.6 is 12.6 Å². The molecular weight excluding hydrogens is 250 g/mol. The molecule has 0 fully saturated rings. The molecule has 0 amide bonds. The second kappa shape index (κ2) is 5.45. The van der Waals surface area contributed by atoms with Gasteiger partial charge in [-0.15, -0.1) is 0 Å². The summed E-state index contributed by atoms with van der Waals surface area (Å²) in [5.41, 5.74) is 0.0657. The number of carbonyl (C=O) groups excluding carboxylic acids is 1. The Morgan fingerprint density at radius 2 is 1.94 bits per heavy atom. The minimum atomic E-state index is -0.550. The van der Waals surface area contributed by atoms with Crippen molar-refractivity contribution >= 4 is 31.9 Å². The Morgan fingerprint density at radius 3 is 2.39 bits per heavy atom. The summed E-state index contributed by atoms with van der Waals surface area (Å²) in [5.74, 6) is -0.479. The van der Waals surface area contributed by atoms with Crippen molar-refractivity contribution in [2.24, 2.45) is 0 Å². The van der Waals surface area contributed by atoms with Gasteiger partial charge in [-0.3, -0.25) is 4.79 Å². The van der Waals surface area contributed by atoms with E-state index in [4.69, 9.17) is 4.65 Å². The Hall–Kier alpha value is -0.805.